The molecule has 5 rings (SSSR count). The van der Waals surface area contributed by atoms with E-state index < -0.39 is 28.1 Å². The second-order valence-electron chi connectivity index (χ2n) is 13.4. The average Bonchev–Trinajstić information content (AvgIpc) is 3.41. The SMILES string of the molecule is COc1ccc(C(C)(C)CC(=O)CC2(CC(=O)c3cc(-c4ccc(F)cc4F)on3)CN(C3CCC(C)(O)CC3)C2)cc1. The summed E-state index contributed by atoms with van der Waals surface area (Å²) >= 11 is 0. The maximum atomic E-state index is 14.3. The second-order valence-corrected chi connectivity index (χ2v) is 13.4. The third kappa shape index (κ3) is 7.04. The van der Waals surface area contributed by atoms with Crippen molar-refractivity contribution in [2.45, 2.75) is 82.8 Å². The van der Waals surface area contributed by atoms with Gasteiger partial charge in [-0.15, -0.1) is 0 Å². The Hall–Kier alpha value is -3.43. The Kier molecular flexibility index (Phi) is 8.60. The molecule has 0 atom stereocenters. The first-order valence-corrected chi connectivity index (χ1v) is 14.9. The van der Waals surface area contributed by atoms with Gasteiger partial charge in [0.05, 0.1) is 18.3 Å². The van der Waals surface area contributed by atoms with E-state index in [9.17, 15) is 23.5 Å². The van der Waals surface area contributed by atoms with Crippen molar-refractivity contribution >= 4 is 11.6 Å². The van der Waals surface area contributed by atoms with Crippen LogP contribution in [0.15, 0.2) is 53.1 Å². The number of aliphatic hydroxyl groups is 1. The number of hydrogen-bond donors (Lipinski definition) is 1. The quantitative estimate of drug-likeness (QED) is 0.253. The van der Waals surface area contributed by atoms with Gasteiger partial charge in [0.1, 0.15) is 28.9 Å². The molecule has 0 amide bonds. The van der Waals surface area contributed by atoms with Gasteiger partial charge in [-0.3, -0.25) is 14.5 Å². The Morgan fingerprint density at radius 2 is 1.74 bits per heavy atom. The molecule has 0 unspecified atom stereocenters. The molecule has 1 N–H and O–H groups in total. The molecule has 2 heterocycles. The highest BCUT2D eigenvalue weighted by molar-refractivity contribution is 5.96. The Bertz CT molecular complexity index is 1460. The van der Waals surface area contributed by atoms with Gasteiger partial charge in [-0.25, -0.2) is 8.78 Å². The zero-order valence-corrected chi connectivity index (χ0v) is 25.3. The van der Waals surface area contributed by atoms with Crippen LogP contribution in [0.3, 0.4) is 0 Å². The van der Waals surface area contributed by atoms with Crippen LogP contribution >= 0.6 is 0 Å². The number of Topliss-reactive ketones (excluding diaryl/α,β-unsaturated/α-hetero) is 2. The highest BCUT2D eigenvalue weighted by Crippen LogP contribution is 2.44. The van der Waals surface area contributed by atoms with Gasteiger partial charge in [-0.2, -0.15) is 0 Å². The third-order valence-corrected chi connectivity index (χ3v) is 9.24. The van der Waals surface area contributed by atoms with Crippen LogP contribution in [0.4, 0.5) is 8.78 Å². The van der Waals surface area contributed by atoms with Crippen LogP contribution in [0.25, 0.3) is 11.3 Å². The molecule has 1 saturated carbocycles. The number of halogens is 2. The summed E-state index contributed by atoms with van der Waals surface area (Å²) < 4.78 is 38.2. The zero-order chi connectivity index (χ0) is 31.0. The van der Waals surface area contributed by atoms with Gasteiger partial charge in [0.15, 0.2) is 11.5 Å². The molecule has 43 heavy (non-hydrogen) atoms. The summed E-state index contributed by atoms with van der Waals surface area (Å²) in [5, 5.41) is 14.3. The largest absolute Gasteiger partial charge is 0.497 e. The molecular formula is C34H40F2N2O5. The smallest absolute Gasteiger partial charge is 0.185 e. The number of carbonyl (C=O) groups is 2. The van der Waals surface area contributed by atoms with Crippen molar-refractivity contribution in [3.05, 3.63) is 71.4 Å². The maximum Gasteiger partial charge on any atom is 0.185 e. The van der Waals surface area contributed by atoms with Crippen molar-refractivity contribution in [3.63, 3.8) is 0 Å². The topological polar surface area (TPSA) is 92.9 Å². The number of carbonyl (C=O) groups excluding carboxylic acids is 2. The number of ether oxygens (including phenoxy) is 1. The van der Waals surface area contributed by atoms with Crippen LogP contribution in [-0.2, 0) is 10.2 Å². The van der Waals surface area contributed by atoms with Gasteiger partial charge in [-0.05, 0) is 67.9 Å². The average molecular weight is 595 g/mol. The fourth-order valence-electron chi connectivity index (χ4n) is 6.72. The summed E-state index contributed by atoms with van der Waals surface area (Å²) in [5.41, 5.74) is -0.527. The van der Waals surface area contributed by atoms with Gasteiger partial charge in [0, 0.05) is 55.9 Å². The van der Waals surface area contributed by atoms with E-state index in [2.05, 4.69) is 10.1 Å². The molecule has 9 heteroatoms. The maximum absolute atomic E-state index is 14.3. The van der Waals surface area contributed by atoms with Crippen LogP contribution in [0.1, 0.15) is 81.8 Å². The first kappa shape index (κ1) is 31.0. The number of methoxy groups -OCH3 is 1. The fourth-order valence-corrected chi connectivity index (χ4v) is 6.72. The molecule has 1 aliphatic heterocycles. The number of aromatic nitrogens is 1. The number of nitrogens with zero attached hydrogens (tertiary/aromatic N) is 2. The number of likely N-dealkylation sites (tertiary alicyclic amines) is 1. The fraction of sp³-hybridized carbons (Fsp3) is 0.500. The summed E-state index contributed by atoms with van der Waals surface area (Å²) in [6.45, 7) is 7.14. The van der Waals surface area contributed by atoms with Crippen LogP contribution in [0.5, 0.6) is 5.75 Å². The summed E-state index contributed by atoms with van der Waals surface area (Å²) in [6, 6.07) is 12.5. The Labute approximate surface area is 251 Å². The molecule has 7 nitrogen and oxygen atoms in total. The highest BCUT2D eigenvalue weighted by Gasteiger charge is 2.49. The number of hydrogen-bond acceptors (Lipinski definition) is 7. The molecule has 1 aromatic heterocycles. The van der Waals surface area contributed by atoms with Crippen molar-refractivity contribution in [1.82, 2.24) is 10.1 Å². The Balaban J connectivity index is 1.31. The summed E-state index contributed by atoms with van der Waals surface area (Å²) in [5.74, 6) is -0.940. The van der Waals surface area contributed by atoms with E-state index >= 15 is 0 Å². The summed E-state index contributed by atoms with van der Waals surface area (Å²) in [6.07, 6.45) is 3.83. The number of rotatable bonds is 11. The first-order chi connectivity index (χ1) is 20.3. The lowest BCUT2D eigenvalue weighted by atomic mass is 9.68. The predicted molar refractivity (Wildman–Crippen MR) is 158 cm³/mol. The van der Waals surface area contributed by atoms with E-state index in [4.69, 9.17) is 9.26 Å². The van der Waals surface area contributed by atoms with Gasteiger partial charge in [0.25, 0.3) is 0 Å². The molecule has 0 spiro atoms. The van der Waals surface area contributed by atoms with E-state index in [-0.39, 0.29) is 41.4 Å². The minimum Gasteiger partial charge on any atom is -0.497 e. The van der Waals surface area contributed by atoms with E-state index in [1.54, 1.807) is 7.11 Å². The molecule has 2 fully saturated rings. The molecule has 2 aromatic carbocycles. The lowest BCUT2D eigenvalue weighted by molar-refractivity contribution is -0.128. The normalized spacial score (nSPS) is 22.2. The molecule has 2 aliphatic rings. The van der Waals surface area contributed by atoms with E-state index in [0.717, 1.165) is 49.1 Å². The van der Waals surface area contributed by atoms with Crippen LogP contribution in [0, 0.1) is 17.0 Å². The summed E-state index contributed by atoms with van der Waals surface area (Å²) in [7, 11) is 1.61. The molecule has 230 valence electrons. The lowest BCUT2D eigenvalue weighted by Gasteiger charge is -2.55. The second kappa shape index (κ2) is 11.9. The van der Waals surface area contributed by atoms with Crippen LogP contribution < -0.4 is 4.74 Å². The van der Waals surface area contributed by atoms with Gasteiger partial charge in [0.2, 0.25) is 0 Å². The molecule has 0 bridgehead atoms. The van der Waals surface area contributed by atoms with Gasteiger partial charge in [-0.1, -0.05) is 31.1 Å². The summed E-state index contributed by atoms with van der Waals surface area (Å²) in [4.78, 5) is 29.4. The van der Waals surface area contributed by atoms with Crippen molar-refractivity contribution in [3.8, 4) is 17.1 Å². The first-order valence-electron chi connectivity index (χ1n) is 14.9. The number of benzene rings is 2. The minimum absolute atomic E-state index is 0.0154. The molecule has 1 aliphatic carbocycles. The van der Waals surface area contributed by atoms with Crippen molar-refractivity contribution in [2.24, 2.45) is 5.41 Å². The number of ketones is 2. The van der Waals surface area contributed by atoms with Crippen LogP contribution in [0.2, 0.25) is 0 Å². The predicted octanol–water partition coefficient (Wildman–Crippen LogP) is 6.52. The molecule has 3 aromatic rings. The monoisotopic (exact) mass is 594 g/mol. The van der Waals surface area contributed by atoms with E-state index in [1.807, 2.05) is 45.0 Å². The molecule has 0 radical (unpaired) electrons. The van der Waals surface area contributed by atoms with Crippen molar-refractivity contribution in [2.75, 3.05) is 20.2 Å². The van der Waals surface area contributed by atoms with E-state index in [1.165, 1.54) is 12.1 Å². The van der Waals surface area contributed by atoms with Gasteiger partial charge < -0.3 is 14.4 Å². The molecule has 1 saturated heterocycles. The van der Waals surface area contributed by atoms with Crippen molar-refractivity contribution < 1.29 is 32.7 Å². The lowest BCUT2D eigenvalue weighted by Crippen LogP contribution is -2.62. The molecular weight excluding hydrogens is 554 g/mol. The van der Waals surface area contributed by atoms with E-state index in [0.29, 0.717) is 25.6 Å². The zero-order valence-electron chi connectivity index (χ0n) is 25.3. The minimum atomic E-state index is -0.808. The van der Waals surface area contributed by atoms with Crippen LogP contribution in [-0.4, -0.2) is 58.6 Å². The van der Waals surface area contributed by atoms with Gasteiger partial charge >= 0.3 is 0 Å². The Morgan fingerprint density at radius 1 is 1.07 bits per heavy atom. The standard InChI is InChI=1S/C34H40F2N2O5/c1-32(2,22-5-8-26(42-4)9-6-22)17-25(39)18-34(20-38(21-34)24-11-13-33(3,41)14-12-24)19-30(40)29-16-31(43-37-29)27-10-7-23(35)15-28(27)36/h5-10,15-16,24,41H,11-14,17-21H2,1-4H3. The Morgan fingerprint density at radius 3 is 2.37 bits per heavy atom. The third-order valence-electron chi connectivity index (χ3n) is 9.24. The highest BCUT2D eigenvalue weighted by atomic mass is 19.1. The van der Waals surface area contributed by atoms with Crippen molar-refractivity contribution in [1.29, 1.82) is 0 Å².